The van der Waals surface area contributed by atoms with Gasteiger partial charge in [0.2, 0.25) is 11.8 Å². The zero-order valence-corrected chi connectivity index (χ0v) is 27.7. The number of methoxy groups -OCH3 is 1. The molecule has 0 saturated carbocycles. The summed E-state index contributed by atoms with van der Waals surface area (Å²) in [7, 11) is 1.45. The van der Waals surface area contributed by atoms with Crippen molar-refractivity contribution in [3.8, 4) is 22.9 Å². The number of halogens is 4. The lowest BCUT2D eigenvalue weighted by atomic mass is 9.93. The number of hydrogen-bond acceptors (Lipinski definition) is 9. The summed E-state index contributed by atoms with van der Waals surface area (Å²) in [5.41, 5.74) is 2.59. The van der Waals surface area contributed by atoms with Crippen LogP contribution in [0.1, 0.15) is 37.7 Å². The maximum Gasteiger partial charge on any atom is 0.305 e. The zero-order valence-electron chi connectivity index (χ0n) is 24.6. The van der Waals surface area contributed by atoms with Gasteiger partial charge in [-0.05, 0) is 87.0 Å². The monoisotopic (exact) mass is 682 g/mol. The Balaban J connectivity index is 0.00000221. The van der Waals surface area contributed by atoms with Gasteiger partial charge in [-0.15, -0.1) is 24.8 Å². The van der Waals surface area contributed by atoms with Crippen LogP contribution in [-0.2, 0) is 16.1 Å². The molecular formula is C31H38Cl4N6O3. The van der Waals surface area contributed by atoms with Gasteiger partial charge in [0, 0.05) is 53.8 Å². The summed E-state index contributed by atoms with van der Waals surface area (Å²) < 4.78 is 11.1. The highest BCUT2D eigenvalue weighted by Gasteiger charge is 2.33. The van der Waals surface area contributed by atoms with Crippen LogP contribution in [0.25, 0.3) is 11.3 Å². The van der Waals surface area contributed by atoms with Crippen LogP contribution in [0.2, 0.25) is 10.0 Å². The number of esters is 1. The lowest BCUT2D eigenvalue weighted by Crippen LogP contribution is -2.45. The molecule has 0 radical (unpaired) electrons. The molecule has 0 spiro atoms. The number of nitrogens with one attached hydrogen (secondary N) is 1. The molecule has 5 heterocycles. The number of rotatable bonds is 8. The number of fused-ring (bicyclic) bond motifs is 1. The minimum absolute atomic E-state index is 0. The van der Waals surface area contributed by atoms with Crippen molar-refractivity contribution in [3.05, 3.63) is 58.3 Å². The maximum atomic E-state index is 11.7. The molecule has 0 unspecified atom stereocenters. The van der Waals surface area contributed by atoms with Crippen molar-refractivity contribution < 1.29 is 14.3 Å². The first-order valence-electron chi connectivity index (χ1n) is 14.7. The van der Waals surface area contributed by atoms with Crippen molar-refractivity contribution in [2.24, 2.45) is 11.8 Å². The van der Waals surface area contributed by atoms with E-state index in [1.54, 1.807) is 18.5 Å². The number of piperidine rings is 2. The Bertz CT molecular complexity index is 1390. The number of carbonyl (C=O) groups is 1. The molecule has 1 N–H and O–H groups in total. The maximum absolute atomic E-state index is 11.7. The summed E-state index contributed by atoms with van der Waals surface area (Å²) in [6.07, 6.45) is 8.15. The van der Waals surface area contributed by atoms with Gasteiger partial charge in [-0.25, -0.2) is 15.0 Å². The normalized spacial score (nSPS) is 20.3. The van der Waals surface area contributed by atoms with Crippen LogP contribution in [0.4, 0.5) is 5.95 Å². The zero-order chi connectivity index (χ0) is 29.1. The lowest BCUT2D eigenvalue weighted by molar-refractivity contribution is -0.142. The Hall–Kier alpha value is -2.40. The second-order valence-electron chi connectivity index (χ2n) is 11.5. The molecule has 3 saturated heterocycles. The van der Waals surface area contributed by atoms with E-state index < -0.39 is 0 Å². The molecule has 9 nitrogen and oxygen atoms in total. The molecule has 0 bridgehead atoms. The van der Waals surface area contributed by atoms with Crippen LogP contribution >= 0.6 is 48.0 Å². The number of aromatic nitrogens is 3. The molecule has 6 rings (SSSR count). The van der Waals surface area contributed by atoms with E-state index in [1.807, 2.05) is 18.2 Å². The number of anilines is 1. The van der Waals surface area contributed by atoms with Crippen LogP contribution in [-0.4, -0.2) is 71.7 Å². The summed E-state index contributed by atoms with van der Waals surface area (Å²) in [5.74, 6) is 2.59. The summed E-state index contributed by atoms with van der Waals surface area (Å²) in [5, 5.41) is 4.69. The van der Waals surface area contributed by atoms with E-state index in [1.165, 1.54) is 13.5 Å². The molecule has 238 valence electrons. The molecule has 13 heteroatoms. The second kappa shape index (κ2) is 15.7. The van der Waals surface area contributed by atoms with Crippen LogP contribution in [0, 0.1) is 11.8 Å². The highest BCUT2D eigenvalue weighted by molar-refractivity contribution is 6.35. The van der Waals surface area contributed by atoms with Crippen molar-refractivity contribution >= 4 is 59.9 Å². The average molecular weight is 684 g/mol. The van der Waals surface area contributed by atoms with Crippen molar-refractivity contribution in [1.82, 2.24) is 25.2 Å². The highest BCUT2D eigenvalue weighted by Crippen LogP contribution is 2.32. The minimum atomic E-state index is -0.137. The van der Waals surface area contributed by atoms with Gasteiger partial charge in [0.05, 0.1) is 25.2 Å². The largest absolute Gasteiger partial charge is 0.469 e. The number of carbonyl (C=O) groups excluding carboxylic acids is 1. The molecule has 3 aliphatic heterocycles. The second-order valence-corrected chi connectivity index (χ2v) is 12.4. The summed E-state index contributed by atoms with van der Waals surface area (Å²) in [6, 6.07) is 10.0. The molecule has 1 aromatic carbocycles. The fourth-order valence-corrected chi connectivity index (χ4v) is 6.88. The van der Waals surface area contributed by atoms with Crippen molar-refractivity contribution in [3.63, 3.8) is 0 Å². The first-order chi connectivity index (χ1) is 20.4. The van der Waals surface area contributed by atoms with E-state index >= 15 is 0 Å². The van der Waals surface area contributed by atoms with Crippen molar-refractivity contribution in [2.45, 2.75) is 44.7 Å². The first kappa shape index (κ1) is 34.5. The minimum Gasteiger partial charge on any atom is -0.469 e. The summed E-state index contributed by atoms with van der Waals surface area (Å²) in [6.45, 7) is 5.56. The molecule has 3 fully saturated rings. The highest BCUT2D eigenvalue weighted by atomic mass is 35.5. The molecule has 3 aromatic rings. The summed E-state index contributed by atoms with van der Waals surface area (Å²) >= 11 is 12.7. The molecule has 44 heavy (non-hydrogen) atoms. The van der Waals surface area contributed by atoms with Crippen molar-refractivity contribution in [2.75, 3.05) is 44.7 Å². The van der Waals surface area contributed by atoms with E-state index in [2.05, 4.69) is 31.2 Å². The molecule has 0 amide bonds. The van der Waals surface area contributed by atoms with Crippen LogP contribution in [0.5, 0.6) is 11.6 Å². The number of ether oxygens (including phenoxy) is 2. The number of likely N-dealkylation sites (tertiary alicyclic amines) is 1. The predicted molar refractivity (Wildman–Crippen MR) is 178 cm³/mol. The SMILES string of the molecule is COC(=O)CC1CCN(Cc2cc(Oc3cnc(N4CC[C@@H]5NCC[C@H]5C4)nc3)nc(-c3cc(Cl)cc(Cl)c3)c2)CC1.Cl.Cl. The number of benzene rings is 1. The smallest absolute Gasteiger partial charge is 0.305 e. The van der Waals surface area contributed by atoms with E-state index in [9.17, 15) is 4.79 Å². The average Bonchev–Trinajstić information content (AvgIpc) is 3.46. The van der Waals surface area contributed by atoms with Crippen molar-refractivity contribution in [1.29, 1.82) is 0 Å². The quantitative estimate of drug-likeness (QED) is 0.269. The third-order valence-electron chi connectivity index (χ3n) is 8.59. The van der Waals surface area contributed by atoms with Gasteiger partial charge in [0.15, 0.2) is 5.75 Å². The van der Waals surface area contributed by atoms with E-state index in [0.29, 0.717) is 46.0 Å². The Morgan fingerprint density at radius 1 is 0.977 bits per heavy atom. The first-order valence-corrected chi connectivity index (χ1v) is 15.4. The number of pyridine rings is 1. The lowest BCUT2D eigenvalue weighted by Gasteiger charge is -2.34. The van der Waals surface area contributed by atoms with Gasteiger partial charge in [0.25, 0.3) is 0 Å². The van der Waals surface area contributed by atoms with Gasteiger partial charge >= 0.3 is 5.97 Å². The topological polar surface area (TPSA) is 92.7 Å². The third-order valence-corrected chi connectivity index (χ3v) is 9.03. The molecule has 2 atom stereocenters. The standard InChI is InChI=1S/C31H36Cl2N6O3.2ClH/c1-41-30(40)12-20-3-7-38(8-4-20)18-21-10-28(23-13-24(32)15-25(33)14-23)37-29(11-21)42-26-16-35-31(36-17-26)39-9-5-27-22(19-39)2-6-34-27;;/h10-11,13-17,20,22,27,34H,2-9,12,18-19H2,1H3;2*1H/t22-,27-;;/m0../s1. The van der Waals surface area contributed by atoms with E-state index in [0.717, 1.165) is 81.3 Å². The third kappa shape index (κ3) is 8.65. The molecule has 3 aliphatic rings. The van der Waals surface area contributed by atoms with Gasteiger partial charge in [-0.1, -0.05) is 23.2 Å². The fourth-order valence-electron chi connectivity index (χ4n) is 6.35. The molecular weight excluding hydrogens is 646 g/mol. The Morgan fingerprint density at radius 2 is 1.70 bits per heavy atom. The fraction of sp³-hybridized carbons (Fsp3) is 0.484. The van der Waals surface area contributed by atoms with E-state index in [4.69, 9.17) is 37.7 Å². The Kier molecular flexibility index (Phi) is 12.3. The van der Waals surface area contributed by atoms with Gasteiger partial charge < -0.3 is 19.7 Å². The van der Waals surface area contributed by atoms with Crippen LogP contribution in [0.3, 0.4) is 0 Å². The predicted octanol–water partition coefficient (Wildman–Crippen LogP) is 6.44. The Labute approximate surface area is 280 Å². The number of nitrogens with zero attached hydrogens (tertiary/aromatic N) is 5. The Morgan fingerprint density at radius 3 is 2.41 bits per heavy atom. The van der Waals surface area contributed by atoms with Gasteiger partial charge in [-0.3, -0.25) is 9.69 Å². The van der Waals surface area contributed by atoms with Crippen LogP contribution in [0.15, 0.2) is 42.7 Å². The van der Waals surface area contributed by atoms with E-state index in [-0.39, 0.29) is 30.8 Å². The summed E-state index contributed by atoms with van der Waals surface area (Å²) in [4.78, 5) is 30.4. The van der Waals surface area contributed by atoms with Crippen LogP contribution < -0.4 is 15.0 Å². The molecule has 2 aromatic heterocycles. The van der Waals surface area contributed by atoms with Gasteiger partial charge in [0.1, 0.15) is 0 Å². The molecule has 0 aliphatic carbocycles. The van der Waals surface area contributed by atoms with Gasteiger partial charge in [-0.2, -0.15) is 0 Å². The number of hydrogen-bond donors (Lipinski definition) is 1.